The zero-order valence-electron chi connectivity index (χ0n) is 4.94. The number of rotatable bonds is 3. The van der Waals surface area contributed by atoms with Crippen LogP contribution in [0, 0.1) is 5.92 Å². The molecule has 0 bridgehead atoms. The highest BCUT2D eigenvalue weighted by atomic mass is 19.3. The highest BCUT2D eigenvalue weighted by Gasteiger charge is 2.36. The van der Waals surface area contributed by atoms with Crippen molar-refractivity contribution in [2.45, 2.75) is 25.2 Å². The second-order valence-corrected chi connectivity index (χ2v) is 2.53. The molecule has 9 heavy (non-hydrogen) atoms. The molecule has 0 heterocycles. The van der Waals surface area contributed by atoms with Gasteiger partial charge < -0.3 is 0 Å². The van der Waals surface area contributed by atoms with E-state index in [0.29, 0.717) is 0 Å². The van der Waals surface area contributed by atoms with E-state index in [1.807, 2.05) is 0 Å². The SMILES string of the molecule is O=CC(F)(F)CC1CC1. The molecular weight excluding hydrogens is 126 g/mol. The van der Waals surface area contributed by atoms with E-state index >= 15 is 0 Å². The Morgan fingerprint density at radius 3 is 2.44 bits per heavy atom. The summed E-state index contributed by atoms with van der Waals surface area (Å²) in [6.45, 7) is 0. The molecule has 1 saturated carbocycles. The average molecular weight is 134 g/mol. The number of hydrogen-bond acceptors (Lipinski definition) is 1. The molecule has 0 spiro atoms. The van der Waals surface area contributed by atoms with E-state index in [1.165, 1.54) is 0 Å². The molecule has 0 N–H and O–H groups in total. The predicted molar refractivity (Wildman–Crippen MR) is 28.4 cm³/mol. The summed E-state index contributed by atoms with van der Waals surface area (Å²) in [5.41, 5.74) is 0. The Bertz CT molecular complexity index is 118. The Labute approximate surface area is 52.1 Å². The van der Waals surface area contributed by atoms with Crippen LogP contribution < -0.4 is 0 Å². The van der Waals surface area contributed by atoms with Gasteiger partial charge in [0.2, 0.25) is 0 Å². The van der Waals surface area contributed by atoms with Crippen LogP contribution in [0.5, 0.6) is 0 Å². The molecule has 0 aromatic heterocycles. The molecule has 0 saturated heterocycles. The van der Waals surface area contributed by atoms with Gasteiger partial charge in [-0.2, -0.15) is 8.78 Å². The molecule has 1 aliphatic rings. The molecule has 3 heteroatoms. The van der Waals surface area contributed by atoms with Gasteiger partial charge in [-0.05, 0) is 18.8 Å². The number of aldehydes is 1. The van der Waals surface area contributed by atoms with Crippen molar-refractivity contribution in [3.8, 4) is 0 Å². The maximum absolute atomic E-state index is 12.1. The summed E-state index contributed by atoms with van der Waals surface area (Å²) in [4.78, 5) is 9.64. The number of alkyl halides is 2. The van der Waals surface area contributed by atoms with Gasteiger partial charge >= 0.3 is 5.92 Å². The van der Waals surface area contributed by atoms with E-state index in [1.54, 1.807) is 0 Å². The molecule has 0 aliphatic heterocycles. The fraction of sp³-hybridized carbons (Fsp3) is 0.833. The van der Waals surface area contributed by atoms with E-state index in [2.05, 4.69) is 0 Å². The van der Waals surface area contributed by atoms with Crippen LogP contribution in [0.25, 0.3) is 0 Å². The van der Waals surface area contributed by atoms with Crippen LogP contribution in [0.15, 0.2) is 0 Å². The molecule has 1 rings (SSSR count). The number of halogens is 2. The highest BCUT2D eigenvalue weighted by Crippen LogP contribution is 2.37. The number of carbonyl (C=O) groups excluding carboxylic acids is 1. The van der Waals surface area contributed by atoms with Gasteiger partial charge in [0.05, 0.1) is 0 Å². The van der Waals surface area contributed by atoms with Crippen molar-refractivity contribution in [3.63, 3.8) is 0 Å². The van der Waals surface area contributed by atoms with E-state index in [4.69, 9.17) is 0 Å². The van der Waals surface area contributed by atoms with Crippen molar-refractivity contribution in [2.24, 2.45) is 5.92 Å². The first kappa shape index (κ1) is 6.65. The molecule has 52 valence electrons. The molecule has 0 amide bonds. The lowest BCUT2D eigenvalue weighted by atomic mass is 10.2. The topological polar surface area (TPSA) is 17.1 Å². The first-order valence-electron chi connectivity index (χ1n) is 2.98. The smallest absolute Gasteiger partial charge is 0.297 e. The van der Waals surface area contributed by atoms with Crippen LogP contribution >= 0.6 is 0 Å². The zero-order chi connectivity index (χ0) is 6.91. The summed E-state index contributed by atoms with van der Waals surface area (Å²) in [5, 5.41) is 0. The summed E-state index contributed by atoms with van der Waals surface area (Å²) in [7, 11) is 0. The minimum Gasteiger partial charge on any atom is -0.297 e. The molecule has 1 nitrogen and oxygen atoms in total. The van der Waals surface area contributed by atoms with E-state index in [0.717, 1.165) is 12.8 Å². The maximum Gasteiger partial charge on any atom is 0.302 e. The standard InChI is InChI=1S/C6H8F2O/c7-6(8,4-9)3-5-1-2-5/h4-5H,1-3H2. The van der Waals surface area contributed by atoms with E-state index < -0.39 is 5.92 Å². The van der Waals surface area contributed by atoms with E-state index in [9.17, 15) is 13.6 Å². The first-order chi connectivity index (χ1) is 4.14. The molecular formula is C6H8F2O. The van der Waals surface area contributed by atoms with Crippen LogP contribution in [0.4, 0.5) is 8.78 Å². The summed E-state index contributed by atoms with van der Waals surface area (Å²) in [6, 6.07) is 0. The van der Waals surface area contributed by atoms with Gasteiger partial charge in [-0.15, -0.1) is 0 Å². The lowest BCUT2D eigenvalue weighted by molar-refractivity contribution is -0.130. The average Bonchev–Trinajstić information content (AvgIpc) is 2.50. The van der Waals surface area contributed by atoms with Crippen LogP contribution in [-0.2, 0) is 4.79 Å². The monoisotopic (exact) mass is 134 g/mol. The zero-order valence-corrected chi connectivity index (χ0v) is 4.94. The highest BCUT2D eigenvalue weighted by molar-refractivity contribution is 5.59. The van der Waals surface area contributed by atoms with Gasteiger partial charge in [-0.25, -0.2) is 0 Å². The fourth-order valence-electron chi connectivity index (χ4n) is 0.755. The van der Waals surface area contributed by atoms with Gasteiger partial charge in [-0.1, -0.05) is 0 Å². The summed E-state index contributed by atoms with van der Waals surface area (Å²) in [6.07, 6.45) is 1.23. The fourth-order valence-corrected chi connectivity index (χ4v) is 0.755. The second kappa shape index (κ2) is 2.05. The largest absolute Gasteiger partial charge is 0.302 e. The molecule has 1 fully saturated rings. The summed E-state index contributed by atoms with van der Waals surface area (Å²) < 4.78 is 24.2. The third-order valence-electron chi connectivity index (χ3n) is 1.43. The predicted octanol–water partition coefficient (Wildman–Crippen LogP) is 1.62. The summed E-state index contributed by atoms with van der Waals surface area (Å²) in [5.74, 6) is -2.94. The first-order valence-corrected chi connectivity index (χ1v) is 2.98. The molecule has 0 aromatic rings. The van der Waals surface area contributed by atoms with Crippen molar-refractivity contribution in [1.82, 2.24) is 0 Å². The van der Waals surface area contributed by atoms with Crippen molar-refractivity contribution in [1.29, 1.82) is 0 Å². The normalized spacial score (nSPS) is 19.8. The lowest BCUT2D eigenvalue weighted by Gasteiger charge is -2.05. The van der Waals surface area contributed by atoms with Gasteiger partial charge in [0.25, 0.3) is 0 Å². The van der Waals surface area contributed by atoms with Crippen LogP contribution in [-0.4, -0.2) is 12.2 Å². The molecule has 1 aliphatic carbocycles. The minimum absolute atomic E-state index is 0.116. The summed E-state index contributed by atoms with van der Waals surface area (Å²) >= 11 is 0. The Morgan fingerprint density at radius 2 is 2.11 bits per heavy atom. The van der Waals surface area contributed by atoms with Gasteiger partial charge in [-0.3, -0.25) is 4.79 Å². The third-order valence-corrected chi connectivity index (χ3v) is 1.43. The maximum atomic E-state index is 12.1. The van der Waals surface area contributed by atoms with Crippen molar-refractivity contribution >= 4 is 6.29 Å². The second-order valence-electron chi connectivity index (χ2n) is 2.53. The lowest BCUT2D eigenvalue weighted by Crippen LogP contribution is -2.17. The van der Waals surface area contributed by atoms with E-state index in [-0.39, 0.29) is 18.6 Å². The van der Waals surface area contributed by atoms with Gasteiger partial charge in [0.15, 0.2) is 6.29 Å². The number of carbonyl (C=O) groups is 1. The van der Waals surface area contributed by atoms with Crippen molar-refractivity contribution < 1.29 is 13.6 Å². The Morgan fingerprint density at radius 1 is 1.56 bits per heavy atom. The van der Waals surface area contributed by atoms with Gasteiger partial charge in [0.1, 0.15) is 0 Å². The Kier molecular flexibility index (Phi) is 1.51. The van der Waals surface area contributed by atoms with Crippen LogP contribution in [0.3, 0.4) is 0 Å². The van der Waals surface area contributed by atoms with Crippen LogP contribution in [0.1, 0.15) is 19.3 Å². The molecule has 0 unspecified atom stereocenters. The molecule has 0 atom stereocenters. The van der Waals surface area contributed by atoms with Crippen molar-refractivity contribution in [3.05, 3.63) is 0 Å². The molecule has 0 radical (unpaired) electrons. The molecule has 0 aromatic carbocycles. The Balaban J connectivity index is 2.29. The van der Waals surface area contributed by atoms with Crippen molar-refractivity contribution in [2.75, 3.05) is 0 Å². The minimum atomic E-state index is -3.05. The van der Waals surface area contributed by atoms with Gasteiger partial charge in [0, 0.05) is 6.42 Å². The van der Waals surface area contributed by atoms with Crippen LogP contribution in [0.2, 0.25) is 0 Å². The quantitative estimate of drug-likeness (QED) is 0.536. The third kappa shape index (κ3) is 2.08. The number of hydrogen-bond donors (Lipinski definition) is 0. The Hall–Kier alpha value is -0.470.